The van der Waals surface area contributed by atoms with Gasteiger partial charge in [-0.1, -0.05) is 36.8 Å². The van der Waals surface area contributed by atoms with Crippen molar-refractivity contribution in [2.24, 2.45) is 0 Å². The van der Waals surface area contributed by atoms with Crippen molar-refractivity contribution in [3.05, 3.63) is 52.9 Å². The first-order valence-corrected chi connectivity index (χ1v) is 10.6. The first kappa shape index (κ1) is 18.1. The molecule has 1 aliphatic carbocycles. The molecule has 2 N–H and O–H groups in total. The minimum absolute atomic E-state index is 0.0927. The predicted molar refractivity (Wildman–Crippen MR) is 99.0 cm³/mol. The Balaban J connectivity index is 1.68. The molecule has 1 saturated carbocycles. The van der Waals surface area contributed by atoms with E-state index in [0.717, 1.165) is 24.1 Å². The fourth-order valence-corrected chi connectivity index (χ4v) is 5.54. The van der Waals surface area contributed by atoms with Crippen molar-refractivity contribution in [1.29, 1.82) is 0 Å². The molecular formula is C18H22N2O3S2. The lowest BCUT2D eigenvalue weighted by Crippen LogP contribution is -2.45. The minimum Gasteiger partial charge on any atom is -0.351 e. The van der Waals surface area contributed by atoms with Crippen LogP contribution in [0, 0.1) is 0 Å². The number of amides is 1. The van der Waals surface area contributed by atoms with Crippen molar-refractivity contribution in [2.45, 2.75) is 42.4 Å². The molecular weight excluding hydrogens is 356 g/mol. The van der Waals surface area contributed by atoms with E-state index in [1.807, 2.05) is 18.2 Å². The number of rotatable bonds is 7. The number of hydrogen-bond acceptors (Lipinski definition) is 4. The lowest BCUT2D eigenvalue weighted by Gasteiger charge is -2.42. The number of carbonyl (C=O) groups is 1. The summed E-state index contributed by atoms with van der Waals surface area (Å²) >= 11 is 1.19. The molecule has 0 spiro atoms. The van der Waals surface area contributed by atoms with Crippen LogP contribution in [0.3, 0.4) is 0 Å². The summed E-state index contributed by atoms with van der Waals surface area (Å²) in [6.07, 6.45) is 3.12. The highest BCUT2D eigenvalue weighted by Gasteiger charge is 2.39. The highest BCUT2D eigenvalue weighted by atomic mass is 32.2. The molecule has 5 nitrogen and oxygen atoms in total. The Morgan fingerprint density at radius 1 is 1.16 bits per heavy atom. The monoisotopic (exact) mass is 378 g/mol. The van der Waals surface area contributed by atoms with Crippen molar-refractivity contribution >= 4 is 27.3 Å². The van der Waals surface area contributed by atoms with Gasteiger partial charge in [0.2, 0.25) is 15.9 Å². The summed E-state index contributed by atoms with van der Waals surface area (Å²) in [5, 5.41) is 2.68. The van der Waals surface area contributed by atoms with Crippen molar-refractivity contribution in [3.8, 4) is 0 Å². The third-order valence-corrected chi connectivity index (χ3v) is 7.69. The van der Waals surface area contributed by atoms with Crippen molar-refractivity contribution in [2.75, 3.05) is 6.54 Å². The molecule has 7 heteroatoms. The van der Waals surface area contributed by atoms with Crippen LogP contribution in [0.5, 0.6) is 0 Å². The van der Waals surface area contributed by atoms with E-state index in [4.69, 9.17) is 0 Å². The van der Waals surface area contributed by atoms with Gasteiger partial charge in [-0.2, -0.15) is 0 Å². The van der Waals surface area contributed by atoms with E-state index in [9.17, 15) is 13.2 Å². The summed E-state index contributed by atoms with van der Waals surface area (Å²) in [4.78, 5) is 11.8. The van der Waals surface area contributed by atoms with Crippen LogP contribution in [0.25, 0.3) is 0 Å². The quantitative estimate of drug-likeness (QED) is 0.778. The van der Waals surface area contributed by atoms with Gasteiger partial charge in [-0.15, -0.1) is 11.3 Å². The molecule has 2 aromatic rings. The maximum Gasteiger partial charge on any atom is 0.250 e. The largest absolute Gasteiger partial charge is 0.351 e. The molecule has 0 aliphatic heterocycles. The first-order valence-electron chi connectivity index (χ1n) is 8.30. The summed E-state index contributed by atoms with van der Waals surface area (Å²) in [5.41, 5.74) is 1.10. The molecule has 1 aromatic carbocycles. The Labute approximate surface area is 152 Å². The fraction of sp³-hybridized carbons (Fsp3) is 0.389. The topological polar surface area (TPSA) is 75.3 Å². The molecule has 1 aliphatic rings. The second kappa shape index (κ2) is 7.27. The van der Waals surface area contributed by atoms with Gasteiger partial charge in [-0.05, 0) is 30.5 Å². The summed E-state index contributed by atoms with van der Waals surface area (Å²) in [7, 11) is -3.54. The number of nitrogens with one attached hydrogen (secondary N) is 2. The first-order chi connectivity index (χ1) is 11.9. The van der Waals surface area contributed by atoms with E-state index in [1.165, 1.54) is 23.8 Å². The smallest absolute Gasteiger partial charge is 0.250 e. The Morgan fingerprint density at radius 3 is 2.48 bits per heavy atom. The van der Waals surface area contributed by atoms with Crippen LogP contribution in [0.15, 0.2) is 46.7 Å². The molecule has 0 bridgehead atoms. The van der Waals surface area contributed by atoms with E-state index >= 15 is 0 Å². The van der Waals surface area contributed by atoms with Crippen LogP contribution in [0.1, 0.15) is 36.6 Å². The molecule has 0 atom stereocenters. The van der Waals surface area contributed by atoms with E-state index < -0.39 is 10.0 Å². The van der Waals surface area contributed by atoms with Gasteiger partial charge in [0.05, 0.1) is 6.54 Å². The standard InChI is InChI=1S/C18H22N2O3S2/c1-14(21)19-12-16-8-9-17(24-16)25(22,23)20-13-18(10-5-11-18)15-6-3-2-4-7-15/h2-4,6-9,20H,5,10-13H2,1H3,(H,19,21). The second-order valence-electron chi connectivity index (χ2n) is 6.45. The van der Waals surface area contributed by atoms with Crippen LogP contribution in [-0.2, 0) is 26.8 Å². The summed E-state index contributed by atoms with van der Waals surface area (Å²) in [5.74, 6) is -0.134. The summed E-state index contributed by atoms with van der Waals surface area (Å²) in [6, 6.07) is 13.5. The van der Waals surface area contributed by atoms with E-state index in [1.54, 1.807) is 12.1 Å². The highest BCUT2D eigenvalue weighted by molar-refractivity contribution is 7.91. The predicted octanol–water partition coefficient (Wildman–Crippen LogP) is 2.78. The average Bonchev–Trinajstić information content (AvgIpc) is 3.03. The van der Waals surface area contributed by atoms with Gasteiger partial charge in [0.1, 0.15) is 4.21 Å². The number of hydrogen-bond donors (Lipinski definition) is 2. The van der Waals surface area contributed by atoms with Gasteiger partial charge < -0.3 is 5.32 Å². The molecule has 3 rings (SSSR count). The third-order valence-electron chi connectivity index (χ3n) is 4.71. The third kappa shape index (κ3) is 4.11. The number of benzene rings is 1. The lowest BCUT2D eigenvalue weighted by atomic mass is 9.64. The average molecular weight is 379 g/mol. The van der Waals surface area contributed by atoms with Crippen molar-refractivity contribution < 1.29 is 13.2 Å². The molecule has 0 saturated heterocycles. The van der Waals surface area contributed by atoms with Gasteiger partial charge in [-0.3, -0.25) is 4.79 Å². The number of thiophene rings is 1. The highest BCUT2D eigenvalue weighted by Crippen LogP contribution is 2.43. The molecule has 0 unspecified atom stereocenters. The molecule has 0 radical (unpaired) electrons. The fourth-order valence-electron chi connectivity index (χ4n) is 3.08. The number of sulfonamides is 1. The lowest BCUT2D eigenvalue weighted by molar-refractivity contribution is -0.119. The molecule has 1 heterocycles. The van der Waals surface area contributed by atoms with Crippen molar-refractivity contribution in [3.63, 3.8) is 0 Å². The summed E-state index contributed by atoms with van der Waals surface area (Å²) in [6.45, 7) is 2.20. The molecule has 25 heavy (non-hydrogen) atoms. The van der Waals surface area contributed by atoms with E-state index in [2.05, 4.69) is 22.2 Å². The van der Waals surface area contributed by atoms with Gasteiger partial charge in [0.25, 0.3) is 0 Å². The molecule has 1 fully saturated rings. The molecule has 1 amide bonds. The Kier molecular flexibility index (Phi) is 5.27. The Morgan fingerprint density at radius 2 is 1.88 bits per heavy atom. The van der Waals surface area contributed by atoms with Gasteiger partial charge >= 0.3 is 0 Å². The maximum absolute atomic E-state index is 12.6. The zero-order chi connectivity index (χ0) is 17.9. The number of carbonyl (C=O) groups excluding carboxylic acids is 1. The van der Waals surface area contributed by atoms with Crippen LogP contribution < -0.4 is 10.0 Å². The SMILES string of the molecule is CC(=O)NCc1ccc(S(=O)(=O)NCC2(c3ccccc3)CCC2)s1. The van der Waals surface area contributed by atoms with Crippen LogP contribution in [0.4, 0.5) is 0 Å². The summed E-state index contributed by atoms with van der Waals surface area (Å²) < 4.78 is 28.3. The van der Waals surface area contributed by atoms with Crippen LogP contribution in [0.2, 0.25) is 0 Å². The maximum atomic E-state index is 12.6. The van der Waals surface area contributed by atoms with Crippen LogP contribution >= 0.6 is 11.3 Å². The zero-order valence-corrected chi connectivity index (χ0v) is 15.8. The van der Waals surface area contributed by atoms with Crippen LogP contribution in [-0.4, -0.2) is 20.9 Å². The second-order valence-corrected chi connectivity index (χ2v) is 9.62. The van der Waals surface area contributed by atoms with Gasteiger partial charge in [0, 0.05) is 23.8 Å². The van der Waals surface area contributed by atoms with E-state index in [0.29, 0.717) is 13.1 Å². The van der Waals surface area contributed by atoms with E-state index in [-0.39, 0.29) is 15.5 Å². The molecule has 1 aromatic heterocycles. The zero-order valence-electron chi connectivity index (χ0n) is 14.1. The minimum atomic E-state index is -3.54. The molecule has 134 valence electrons. The Hall–Kier alpha value is -1.70. The van der Waals surface area contributed by atoms with Gasteiger partial charge in [-0.25, -0.2) is 13.1 Å². The normalized spacial score (nSPS) is 16.2. The van der Waals surface area contributed by atoms with Crippen molar-refractivity contribution in [1.82, 2.24) is 10.0 Å². The van der Waals surface area contributed by atoms with Gasteiger partial charge in [0.15, 0.2) is 0 Å². The Bertz CT molecular complexity index is 840.